The fourth-order valence-corrected chi connectivity index (χ4v) is 4.47. The fourth-order valence-electron chi connectivity index (χ4n) is 3.29. The summed E-state index contributed by atoms with van der Waals surface area (Å²) in [6.07, 6.45) is 3.38. The second-order valence-electron chi connectivity index (χ2n) is 7.14. The number of carbonyl (C=O) groups is 1. The van der Waals surface area contributed by atoms with Gasteiger partial charge in [0, 0.05) is 36.8 Å². The van der Waals surface area contributed by atoms with E-state index in [0.29, 0.717) is 35.1 Å². The van der Waals surface area contributed by atoms with Crippen LogP contribution in [0, 0.1) is 13.8 Å². The van der Waals surface area contributed by atoms with Gasteiger partial charge in [0.1, 0.15) is 5.69 Å². The highest BCUT2D eigenvalue weighted by molar-refractivity contribution is 7.92. The molecule has 0 atom stereocenters. The first-order valence-corrected chi connectivity index (χ1v) is 11.6. The largest absolute Gasteiger partial charge is 0.273 e. The topological polar surface area (TPSA) is 90.1 Å². The van der Waals surface area contributed by atoms with Gasteiger partial charge in [-0.3, -0.25) is 14.2 Å². The van der Waals surface area contributed by atoms with Crippen molar-refractivity contribution in [3.8, 4) is 11.3 Å². The van der Waals surface area contributed by atoms with E-state index in [2.05, 4.69) is 10.2 Å². The van der Waals surface area contributed by atoms with Crippen molar-refractivity contribution < 1.29 is 13.2 Å². The number of nitrogens with zero attached hydrogens (tertiary/aromatic N) is 5. The minimum absolute atomic E-state index is 0.0665. The molecule has 0 aliphatic carbocycles. The van der Waals surface area contributed by atoms with Gasteiger partial charge in [0.2, 0.25) is 15.9 Å². The van der Waals surface area contributed by atoms with E-state index in [9.17, 15) is 13.2 Å². The maximum Gasteiger partial charge on any atom is 0.240 e. The Balaban J connectivity index is 1.69. The Morgan fingerprint density at radius 1 is 1.13 bits per heavy atom. The number of aromatic nitrogens is 4. The third kappa shape index (κ3) is 4.73. The van der Waals surface area contributed by atoms with Crippen molar-refractivity contribution in [1.82, 2.24) is 19.6 Å². The number of hydrogen-bond acceptors (Lipinski definition) is 5. The smallest absolute Gasteiger partial charge is 0.240 e. The van der Waals surface area contributed by atoms with Gasteiger partial charge in [-0.2, -0.15) is 10.2 Å². The monoisotopic (exact) mass is 449 g/mol. The van der Waals surface area contributed by atoms with Crippen molar-refractivity contribution in [2.75, 3.05) is 10.6 Å². The minimum atomic E-state index is -3.78. The molecule has 8 nitrogen and oxygen atoms in total. The van der Waals surface area contributed by atoms with Crippen LogP contribution >= 0.6 is 11.6 Å². The van der Waals surface area contributed by atoms with Crippen LogP contribution in [-0.4, -0.2) is 40.1 Å². The molecule has 0 N–H and O–H groups in total. The van der Waals surface area contributed by atoms with E-state index >= 15 is 0 Å². The Morgan fingerprint density at radius 3 is 2.37 bits per heavy atom. The van der Waals surface area contributed by atoms with Crippen LogP contribution < -0.4 is 4.31 Å². The van der Waals surface area contributed by atoms with Crippen LogP contribution in [0.2, 0.25) is 5.02 Å². The molecule has 3 aromatic rings. The zero-order chi connectivity index (χ0) is 22.1. The van der Waals surface area contributed by atoms with E-state index < -0.39 is 15.9 Å². The molecule has 0 saturated heterocycles. The van der Waals surface area contributed by atoms with Crippen LogP contribution in [0.3, 0.4) is 0 Å². The van der Waals surface area contributed by atoms with Crippen molar-refractivity contribution in [2.45, 2.75) is 33.2 Å². The summed E-state index contributed by atoms with van der Waals surface area (Å²) >= 11 is 5.92. The zero-order valence-corrected chi connectivity index (χ0v) is 18.9. The van der Waals surface area contributed by atoms with Crippen LogP contribution in [0.4, 0.5) is 5.69 Å². The summed E-state index contributed by atoms with van der Waals surface area (Å²) in [7, 11) is -2.07. The van der Waals surface area contributed by atoms with Crippen molar-refractivity contribution in [1.29, 1.82) is 0 Å². The molecular formula is C20H24ClN5O3S. The minimum Gasteiger partial charge on any atom is -0.273 e. The predicted octanol–water partition coefficient (Wildman–Crippen LogP) is 3.33. The van der Waals surface area contributed by atoms with Crippen molar-refractivity contribution in [3.05, 3.63) is 52.9 Å². The highest BCUT2D eigenvalue weighted by atomic mass is 35.5. The summed E-state index contributed by atoms with van der Waals surface area (Å²) in [5, 5.41) is 9.39. The third-order valence-corrected chi connectivity index (χ3v) is 6.09. The summed E-state index contributed by atoms with van der Waals surface area (Å²) in [5.74, 6) is -0.484. The van der Waals surface area contributed by atoms with E-state index in [1.807, 2.05) is 24.4 Å². The Hall–Kier alpha value is -2.65. The first-order valence-electron chi connectivity index (χ1n) is 9.40. The quantitative estimate of drug-likeness (QED) is 0.551. The molecule has 2 heterocycles. The molecule has 0 radical (unpaired) electrons. The molecule has 10 heteroatoms. The summed E-state index contributed by atoms with van der Waals surface area (Å²) < 4.78 is 28.9. The van der Waals surface area contributed by atoms with Gasteiger partial charge in [-0.25, -0.2) is 12.7 Å². The molecule has 3 rings (SSSR count). The zero-order valence-electron chi connectivity index (χ0n) is 17.3. The number of halogens is 1. The van der Waals surface area contributed by atoms with E-state index in [1.165, 1.54) is 0 Å². The number of carbonyl (C=O) groups excluding carboxylic acids is 1. The Labute approximate surface area is 181 Å². The molecule has 0 saturated carbocycles. The lowest BCUT2D eigenvalue weighted by atomic mass is 10.2. The highest BCUT2D eigenvalue weighted by Gasteiger charge is 2.30. The number of aryl methyl sites for hydroxylation is 3. The van der Waals surface area contributed by atoms with Crippen molar-refractivity contribution in [3.63, 3.8) is 0 Å². The first-order chi connectivity index (χ1) is 14.1. The number of hydrogen-bond donors (Lipinski definition) is 0. The summed E-state index contributed by atoms with van der Waals surface area (Å²) in [6, 6.07) is 9.27. The molecule has 30 heavy (non-hydrogen) atoms. The van der Waals surface area contributed by atoms with Crippen LogP contribution in [0.5, 0.6) is 0 Å². The molecule has 0 fully saturated rings. The number of benzene rings is 1. The molecular weight excluding hydrogens is 426 g/mol. The molecule has 0 aliphatic heterocycles. The van der Waals surface area contributed by atoms with Crippen LogP contribution in [0.25, 0.3) is 11.3 Å². The summed E-state index contributed by atoms with van der Waals surface area (Å²) in [5.41, 5.74) is 3.19. The van der Waals surface area contributed by atoms with Gasteiger partial charge >= 0.3 is 0 Å². The van der Waals surface area contributed by atoms with Gasteiger partial charge in [0.05, 0.1) is 23.3 Å². The average molecular weight is 450 g/mol. The van der Waals surface area contributed by atoms with Gasteiger partial charge in [-0.05, 0) is 38.5 Å². The van der Waals surface area contributed by atoms with Gasteiger partial charge in [0.25, 0.3) is 0 Å². The van der Waals surface area contributed by atoms with E-state index in [-0.39, 0.29) is 6.42 Å². The van der Waals surface area contributed by atoms with Gasteiger partial charge in [0.15, 0.2) is 0 Å². The molecule has 0 bridgehead atoms. The van der Waals surface area contributed by atoms with E-state index in [1.54, 1.807) is 42.4 Å². The maximum atomic E-state index is 12.8. The lowest BCUT2D eigenvalue weighted by Crippen LogP contribution is -2.37. The molecule has 2 aromatic heterocycles. The Bertz CT molecular complexity index is 1170. The van der Waals surface area contributed by atoms with E-state index in [0.717, 1.165) is 21.8 Å². The third-order valence-electron chi connectivity index (χ3n) is 4.79. The van der Waals surface area contributed by atoms with Crippen LogP contribution in [0.15, 0.2) is 36.5 Å². The lowest BCUT2D eigenvalue weighted by molar-refractivity contribution is -0.117. The Kier molecular flexibility index (Phi) is 6.33. The maximum absolute atomic E-state index is 12.8. The van der Waals surface area contributed by atoms with E-state index in [4.69, 9.17) is 11.6 Å². The second kappa shape index (κ2) is 8.61. The predicted molar refractivity (Wildman–Crippen MR) is 117 cm³/mol. The van der Waals surface area contributed by atoms with Gasteiger partial charge in [-0.1, -0.05) is 23.7 Å². The second-order valence-corrected chi connectivity index (χ2v) is 9.41. The summed E-state index contributed by atoms with van der Waals surface area (Å²) in [6.45, 7) is 3.92. The molecule has 1 aromatic carbocycles. The number of amides is 1. The number of sulfonamides is 1. The SMILES string of the molecule is Cc1nn(C)c(C)c1N(C(=O)CCCn1ccc(-c2ccc(Cl)cc2)n1)S(C)(=O)=O. The summed E-state index contributed by atoms with van der Waals surface area (Å²) in [4.78, 5) is 12.8. The first kappa shape index (κ1) is 22.0. The van der Waals surface area contributed by atoms with Gasteiger partial charge in [-0.15, -0.1) is 0 Å². The fraction of sp³-hybridized carbons (Fsp3) is 0.350. The van der Waals surface area contributed by atoms with Crippen LogP contribution in [0.1, 0.15) is 24.2 Å². The standard InChI is InChI=1S/C20H24ClN5O3S/c1-14-20(15(2)24(3)22-14)26(30(4,28)29)19(27)6-5-12-25-13-11-18(23-25)16-7-9-17(21)10-8-16/h7-11,13H,5-6,12H2,1-4H3. The molecule has 1 amide bonds. The van der Waals surface area contributed by atoms with Gasteiger partial charge < -0.3 is 0 Å². The highest BCUT2D eigenvalue weighted by Crippen LogP contribution is 2.27. The number of rotatable bonds is 7. The molecule has 0 spiro atoms. The van der Waals surface area contributed by atoms with Crippen molar-refractivity contribution >= 4 is 33.2 Å². The van der Waals surface area contributed by atoms with Crippen LogP contribution in [-0.2, 0) is 28.4 Å². The molecule has 0 aliphatic rings. The number of anilines is 1. The van der Waals surface area contributed by atoms with Crippen molar-refractivity contribution in [2.24, 2.45) is 7.05 Å². The average Bonchev–Trinajstić information content (AvgIpc) is 3.22. The lowest BCUT2D eigenvalue weighted by Gasteiger charge is -2.20. The normalized spacial score (nSPS) is 11.6. The Morgan fingerprint density at radius 2 is 1.80 bits per heavy atom. The molecule has 0 unspecified atom stereocenters. The molecule has 160 valence electrons.